The summed E-state index contributed by atoms with van der Waals surface area (Å²) in [4.78, 5) is 25.2. The molecule has 4 heteroatoms. The average molecular weight is 383 g/mol. The Morgan fingerprint density at radius 1 is 0.889 bits per heavy atom. The fourth-order valence-electron chi connectivity index (χ4n) is 1.84. The molecule has 0 saturated heterocycles. The van der Waals surface area contributed by atoms with Gasteiger partial charge in [0.1, 0.15) is 6.04 Å². The Balaban J connectivity index is -0.000000292. The molecule has 0 saturated carbocycles. The van der Waals surface area contributed by atoms with Gasteiger partial charge in [0.25, 0.3) is 0 Å². The number of nitrogens with zero attached hydrogens (tertiary/aromatic N) is 1. The Hall–Kier alpha value is -1.84. The lowest BCUT2D eigenvalue weighted by Gasteiger charge is -2.27. The third kappa shape index (κ3) is 17.3. The first kappa shape index (κ1) is 32.8. The second kappa shape index (κ2) is 24.2. The van der Waals surface area contributed by atoms with Crippen LogP contribution in [0.2, 0.25) is 0 Å². The highest BCUT2D eigenvalue weighted by molar-refractivity contribution is 5.87. The highest BCUT2D eigenvalue weighted by Crippen LogP contribution is 2.09. The summed E-state index contributed by atoms with van der Waals surface area (Å²) >= 11 is 0. The van der Waals surface area contributed by atoms with Gasteiger partial charge in [-0.25, -0.2) is 0 Å². The number of hydrogen-bond acceptors (Lipinski definition) is 2. The minimum atomic E-state index is -0.470. The summed E-state index contributed by atoms with van der Waals surface area (Å²) in [6, 6.07) is 9.31. The molecular weight excluding hydrogens is 336 g/mol. The van der Waals surface area contributed by atoms with E-state index in [4.69, 9.17) is 0 Å². The molecule has 0 spiro atoms. The third-order valence-electron chi connectivity index (χ3n) is 2.97. The van der Waals surface area contributed by atoms with Crippen molar-refractivity contribution in [3.63, 3.8) is 0 Å². The van der Waals surface area contributed by atoms with Gasteiger partial charge in [-0.1, -0.05) is 85.7 Å². The Morgan fingerprint density at radius 3 is 1.63 bits per heavy atom. The quantitative estimate of drug-likeness (QED) is 0.709. The van der Waals surface area contributed by atoms with Crippen LogP contribution in [-0.4, -0.2) is 35.8 Å². The third-order valence-corrected chi connectivity index (χ3v) is 2.97. The van der Waals surface area contributed by atoms with Gasteiger partial charge in [-0.15, -0.1) is 0 Å². The van der Waals surface area contributed by atoms with Gasteiger partial charge in [0.05, 0.1) is 0 Å². The number of carbonyl (C=O) groups excluding carboxylic acids is 2. The van der Waals surface area contributed by atoms with Gasteiger partial charge in [0.15, 0.2) is 0 Å². The minimum absolute atomic E-state index is 0.0612. The first-order valence-corrected chi connectivity index (χ1v) is 10.5. The van der Waals surface area contributed by atoms with E-state index in [2.05, 4.69) is 5.32 Å². The van der Waals surface area contributed by atoms with Gasteiger partial charge in [0, 0.05) is 26.4 Å². The second-order valence-corrected chi connectivity index (χ2v) is 5.00. The summed E-state index contributed by atoms with van der Waals surface area (Å²) in [6.45, 7) is 21.3. The summed E-state index contributed by atoms with van der Waals surface area (Å²) in [5, 5.41) is 2.87. The number of carbonyl (C=O) groups is 2. The number of likely N-dealkylation sites (N-methyl/N-ethyl adjacent to an activating group) is 1. The number of benzene rings is 1. The van der Waals surface area contributed by atoms with Crippen LogP contribution in [0.15, 0.2) is 30.3 Å². The van der Waals surface area contributed by atoms with E-state index in [0.717, 1.165) is 5.56 Å². The molecule has 1 unspecified atom stereocenters. The topological polar surface area (TPSA) is 49.4 Å². The van der Waals surface area contributed by atoms with Crippen LogP contribution in [-0.2, 0) is 16.0 Å². The van der Waals surface area contributed by atoms with Gasteiger partial charge >= 0.3 is 0 Å². The molecule has 0 aliphatic heterocycles. The van der Waals surface area contributed by atoms with Crippen molar-refractivity contribution in [3.05, 3.63) is 35.9 Å². The lowest BCUT2D eigenvalue weighted by molar-refractivity contribution is -0.137. The van der Waals surface area contributed by atoms with Gasteiger partial charge in [-0.2, -0.15) is 0 Å². The summed E-state index contributed by atoms with van der Waals surface area (Å²) < 4.78 is 0. The van der Waals surface area contributed by atoms with E-state index in [-0.39, 0.29) is 17.9 Å². The van der Waals surface area contributed by atoms with Crippen molar-refractivity contribution in [1.29, 1.82) is 0 Å². The van der Waals surface area contributed by atoms with Gasteiger partial charge in [-0.3, -0.25) is 9.59 Å². The first-order valence-electron chi connectivity index (χ1n) is 10.5. The number of amides is 2. The maximum atomic E-state index is 12.2. The highest BCUT2D eigenvalue weighted by Gasteiger charge is 2.25. The Morgan fingerprint density at radius 2 is 1.30 bits per heavy atom. The maximum absolute atomic E-state index is 12.2. The molecule has 160 valence electrons. The summed E-state index contributed by atoms with van der Waals surface area (Å²) in [5.74, 6) is -0.226. The normalized spacial score (nSPS) is 9.37. The Bertz CT molecular complexity index is 431. The van der Waals surface area contributed by atoms with Crippen molar-refractivity contribution >= 4 is 11.8 Å². The van der Waals surface area contributed by atoms with E-state index < -0.39 is 6.04 Å². The molecular formula is C23H46N2O2. The molecule has 1 N–H and O–H groups in total. The van der Waals surface area contributed by atoms with Crippen LogP contribution < -0.4 is 5.32 Å². The van der Waals surface area contributed by atoms with Crippen molar-refractivity contribution in [2.75, 3.05) is 7.05 Å². The molecule has 0 fully saturated rings. The van der Waals surface area contributed by atoms with Crippen LogP contribution in [0.5, 0.6) is 0 Å². The smallest absolute Gasteiger partial charge is 0.243 e. The average Bonchev–Trinajstić information content (AvgIpc) is 2.72. The molecule has 1 rings (SSSR count). The fraction of sp³-hybridized carbons (Fsp3) is 0.652. The fourth-order valence-corrected chi connectivity index (χ4v) is 1.84. The summed E-state index contributed by atoms with van der Waals surface area (Å²) in [6.07, 6.45) is 0.523. The van der Waals surface area contributed by atoms with E-state index in [1.54, 1.807) is 7.05 Å². The molecule has 27 heavy (non-hydrogen) atoms. The van der Waals surface area contributed by atoms with E-state index in [9.17, 15) is 9.59 Å². The highest BCUT2D eigenvalue weighted by atomic mass is 16.2. The SMILES string of the molecule is CC.CC.CC.CC.CC(=O)N(C)C(Cc1ccccc1)C(=O)NC(C)C. The van der Waals surface area contributed by atoms with Crippen molar-refractivity contribution in [3.8, 4) is 0 Å². The zero-order valence-corrected chi connectivity index (χ0v) is 20.0. The van der Waals surface area contributed by atoms with E-state index in [1.165, 1.54) is 11.8 Å². The minimum Gasteiger partial charge on any atom is -0.352 e. The summed E-state index contributed by atoms with van der Waals surface area (Å²) in [7, 11) is 1.66. The largest absolute Gasteiger partial charge is 0.352 e. The molecule has 0 aromatic heterocycles. The van der Waals surface area contributed by atoms with Crippen LogP contribution in [0.25, 0.3) is 0 Å². The van der Waals surface area contributed by atoms with Crippen molar-refractivity contribution in [2.45, 2.75) is 94.7 Å². The van der Waals surface area contributed by atoms with Gasteiger partial charge < -0.3 is 10.2 Å². The lowest BCUT2D eigenvalue weighted by Crippen LogP contribution is -2.49. The van der Waals surface area contributed by atoms with Crippen LogP contribution in [0.3, 0.4) is 0 Å². The predicted octanol–water partition coefficient (Wildman–Crippen LogP) is 5.71. The van der Waals surface area contributed by atoms with Crippen molar-refractivity contribution in [1.82, 2.24) is 10.2 Å². The predicted molar refractivity (Wildman–Crippen MR) is 121 cm³/mol. The van der Waals surface area contributed by atoms with Gasteiger partial charge in [-0.05, 0) is 19.4 Å². The van der Waals surface area contributed by atoms with Crippen molar-refractivity contribution in [2.24, 2.45) is 0 Å². The lowest BCUT2D eigenvalue weighted by atomic mass is 10.0. The second-order valence-electron chi connectivity index (χ2n) is 5.00. The molecule has 0 bridgehead atoms. The Kier molecular flexibility index (Phi) is 29.3. The molecule has 1 aromatic carbocycles. The first-order chi connectivity index (χ1) is 12.9. The van der Waals surface area contributed by atoms with Crippen molar-refractivity contribution < 1.29 is 9.59 Å². The maximum Gasteiger partial charge on any atom is 0.243 e. The monoisotopic (exact) mass is 382 g/mol. The molecule has 0 aliphatic carbocycles. The Labute approximate surface area is 169 Å². The molecule has 2 amide bonds. The number of hydrogen-bond donors (Lipinski definition) is 1. The van der Waals surface area contributed by atoms with Crippen LogP contribution in [0.1, 0.15) is 81.7 Å². The molecule has 4 nitrogen and oxygen atoms in total. The van der Waals surface area contributed by atoms with Crippen LogP contribution in [0, 0.1) is 0 Å². The zero-order chi connectivity index (χ0) is 22.4. The number of nitrogens with one attached hydrogen (secondary N) is 1. The molecule has 1 aromatic rings. The summed E-state index contributed by atoms with van der Waals surface area (Å²) in [5.41, 5.74) is 1.04. The number of rotatable bonds is 5. The van der Waals surface area contributed by atoms with E-state index in [1.807, 2.05) is 99.6 Å². The molecule has 1 atom stereocenters. The zero-order valence-electron chi connectivity index (χ0n) is 20.0. The van der Waals surface area contributed by atoms with Crippen LogP contribution in [0.4, 0.5) is 0 Å². The molecule has 0 aliphatic rings. The van der Waals surface area contributed by atoms with E-state index >= 15 is 0 Å². The van der Waals surface area contributed by atoms with Crippen LogP contribution >= 0.6 is 0 Å². The van der Waals surface area contributed by atoms with E-state index in [0.29, 0.717) is 6.42 Å². The molecule has 0 radical (unpaired) electrons. The standard InChI is InChI=1S/C15H22N2O2.4C2H6/c1-11(2)16-15(19)14(17(4)12(3)18)10-13-8-6-5-7-9-13;4*1-2/h5-9,11,14H,10H2,1-4H3,(H,16,19);4*1-2H3. The van der Waals surface area contributed by atoms with Gasteiger partial charge in [0.2, 0.25) is 11.8 Å². The molecule has 0 heterocycles.